The zero-order chi connectivity index (χ0) is 24.3. The summed E-state index contributed by atoms with van der Waals surface area (Å²) in [5.74, 6) is 1.82. The normalized spacial score (nSPS) is 14.8. The average Bonchev–Trinajstić information content (AvgIpc) is 3.32. The summed E-state index contributed by atoms with van der Waals surface area (Å²) in [7, 11) is 1.07. The predicted molar refractivity (Wildman–Crippen MR) is 136 cm³/mol. The second kappa shape index (κ2) is 10.5. The molecule has 1 fully saturated rings. The van der Waals surface area contributed by atoms with Gasteiger partial charge in [0.05, 0.1) is 27.0 Å². The molecule has 0 saturated carbocycles. The third-order valence-corrected chi connectivity index (χ3v) is 8.95. The molecule has 0 amide bonds. The van der Waals surface area contributed by atoms with Crippen LogP contribution in [0.15, 0.2) is 51.1 Å². The number of hydrogen-bond acceptors (Lipinski definition) is 8. The molecule has 0 atom stereocenters. The van der Waals surface area contributed by atoms with Crippen molar-refractivity contribution in [2.45, 2.75) is 11.3 Å². The molecule has 34 heavy (non-hydrogen) atoms. The molecule has 1 aliphatic rings. The van der Waals surface area contributed by atoms with Crippen molar-refractivity contribution < 1.29 is 22.6 Å². The lowest BCUT2D eigenvalue weighted by atomic mass is 10.1. The van der Waals surface area contributed by atoms with E-state index in [1.807, 2.05) is 23.6 Å². The lowest BCUT2D eigenvalue weighted by molar-refractivity contribution is 0.374. The zero-order valence-corrected chi connectivity index (χ0v) is 22.4. The first kappa shape index (κ1) is 24.8. The lowest BCUT2D eigenvalue weighted by Crippen LogP contribution is -2.48. The van der Waals surface area contributed by atoms with E-state index in [1.165, 1.54) is 11.4 Å². The van der Waals surface area contributed by atoms with E-state index in [0.29, 0.717) is 42.8 Å². The largest absolute Gasteiger partial charge is 0.497 e. The molecule has 2 heterocycles. The van der Waals surface area contributed by atoms with Gasteiger partial charge in [-0.25, -0.2) is 13.4 Å². The third kappa shape index (κ3) is 5.32. The van der Waals surface area contributed by atoms with E-state index in [0.717, 1.165) is 27.9 Å². The van der Waals surface area contributed by atoms with Gasteiger partial charge in [0, 0.05) is 48.5 Å². The van der Waals surface area contributed by atoms with Gasteiger partial charge in [-0.15, -0.1) is 11.3 Å². The molecule has 2 aromatic carbocycles. The maximum absolute atomic E-state index is 13.2. The number of aromatic nitrogens is 1. The van der Waals surface area contributed by atoms with E-state index in [9.17, 15) is 8.42 Å². The minimum Gasteiger partial charge on any atom is -0.497 e. The Morgan fingerprint density at radius 2 is 1.65 bits per heavy atom. The van der Waals surface area contributed by atoms with Gasteiger partial charge in [0.25, 0.3) is 0 Å². The molecule has 1 saturated heterocycles. The molecule has 0 aliphatic carbocycles. The van der Waals surface area contributed by atoms with Gasteiger partial charge in [-0.3, -0.25) is 0 Å². The topological polar surface area (TPSA) is 81.2 Å². The summed E-state index contributed by atoms with van der Waals surface area (Å²) in [5, 5.41) is 2.93. The highest BCUT2D eigenvalue weighted by Crippen LogP contribution is 2.31. The summed E-state index contributed by atoms with van der Waals surface area (Å²) in [6.45, 7) is 1.88. The highest BCUT2D eigenvalue weighted by Gasteiger charge is 2.31. The summed E-state index contributed by atoms with van der Waals surface area (Å²) >= 11 is 4.92. The number of nitrogens with zero attached hydrogens (tertiary/aromatic N) is 3. The molecular formula is C23H26BrN3O5S2. The fourth-order valence-corrected chi connectivity index (χ4v) is 6.81. The number of piperazine rings is 1. The molecule has 8 nitrogen and oxygen atoms in total. The van der Waals surface area contributed by atoms with Crippen LogP contribution in [-0.2, 0) is 16.4 Å². The first-order chi connectivity index (χ1) is 16.3. The standard InChI is InChI=1S/C23H26BrN3O5S2/c1-30-19-11-16(12-20(14-19)31-2)10-18-15-33-23(25-18)26-6-8-27(9-7-26)34(28,29)22-13-17(24)4-5-21(22)32-3/h4-5,11-15H,6-10H2,1-3H3. The van der Waals surface area contributed by atoms with Gasteiger partial charge >= 0.3 is 0 Å². The minimum absolute atomic E-state index is 0.170. The van der Waals surface area contributed by atoms with Crippen LogP contribution >= 0.6 is 27.3 Å². The fourth-order valence-electron chi connectivity index (χ4n) is 3.81. The molecule has 11 heteroatoms. The molecular weight excluding hydrogens is 542 g/mol. The first-order valence-corrected chi connectivity index (χ1v) is 13.7. The number of rotatable bonds is 8. The number of halogens is 1. The first-order valence-electron chi connectivity index (χ1n) is 10.6. The van der Waals surface area contributed by atoms with Crippen LogP contribution in [0.1, 0.15) is 11.3 Å². The number of anilines is 1. The summed E-state index contributed by atoms with van der Waals surface area (Å²) in [6.07, 6.45) is 0.654. The van der Waals surface area contributed by atoms with Crippen molar-refractivity contribution in [2.75, 3.05) is 52.4 Å². The summed E-state index contributed by atoms with van der Waals surface area (Å²) in [4.78, 5) is 7.09. The molecule has 182 valence electrons. The molecule has 1 aliphatic heterocycles. The van der Waals surface area contributed by atoms with Crippen molar-refractivity contribution in [1.29, 1.82) is 0 Å². The van der Waals surface area contributed by atoms with Gasteiger partial charge < -0.3 is 19.1 Å². The molecule has 0 spiro atoms. The van der Waals surface area contributed by atoms with Crippen LogP contribution in [0.2, 0.25) is 0 Å². The number of hydrogen-bond donors (Lipinski definition) is 0. The molecule has 3 aromatic rings. The van der Waals surface area contributed by atoms with Crippen LogP contribution in [0.4, 0.5) is 5.13 Å². The van der Waals surface area contributed by atoms with Gasteiger partial charge in [0.15, 0.2) is 5.13 Å². The van der Waals surface area contributed by atoms with Crippen molar-refractivity contribution in [2.24, 2.45) is 0 Å². The van der Waals surface area contributed by atoms with Crippen molar-refractivity contribution in [3.8, 4) is 17.2 Å². The van der Waals surface area contributed by atoms with Crippen molar-refractivity contribution in [3.63, 3.8) is 0 Å². The van der Waals surface area contributed by atoms with Crippen LogP contribution in [0.25, 0.3) is 0 Å². The van der Waals surface area contributed by atoms with Gasteiger partial charge in [-0.2, -0.15) is 4.31 Å². The number of ether oxygens (including phenoxy) is 3. The van der Waals surface area contributed by atoms with Crippen molar-refractivity contribution >= 4 is 42.4 Å². The lowest BCUT2D eigenvalue weighted by Gasteiger charge is -2.34. The summed E-state index contributed by atoms with van der Waals surface area (Å²) in [6, 6.07) is 10.8. The Kier molecular flexibility index (Phi) is 7.66. The SMILES string of the molecule is COc1cc(Cc2csc(N3CCN(S(=O)(=O)c4cc(Br)ccc4OC)CC3)n2)cc(OC)c1. The maximum atomic E-state index is 13.2. The van der Waals surface area contributed by atoms with Gasteiger partial charge in [-0.05, 0) is 35.9 Å². The predicted octanol–water partition coefficient (Wildman–Crippen LogP) is 4.03. The van der Waals surface area contributed by atoms with E-state index in [1.54, 1.807) is 43.8 Å². The van der Waals surface area contributed by atoms with Crippen molar-refractivity contribution in [1.82, 2.24) is 9.29 Å². The smallest absolute Gasteiger partial charge is 0.246 e. The van der Waals surface area contributed by atoms with Crippen molar-refractivity contribution in [3.05, 3.63) is 57.5 Å². The number of sulfonamides is 1. The summed E-state index contributed by atoms with van der Waals surface area (Å²) in [5.41, 5.74) is 2.00. The Balaban J connectivity index is 1.43. The van der Waals surface area contributed by atoms with Crippen LogP contribution < -0.4 is 19.1 Å². The molecule has 0 unspecified atom stereocenters. The van der Waals surface area contributed by atoms with E-state index in [4.69, 9.17) is 19.2 Å². The molecule has 0 radical (unpaired) electrons. The summed E-state index contributed by atoms with van der Waals surface area (Å²) < 4.78 is 44.7. The highest BCUT2D eigenvalue weighted by molar-refractivity contribution is 9.10. The van der Waals surface area contributed by atoms with E-state index < -0.39 is 10.0 Å². The number of benzene rings is 2. The number of methoxy groups -OCH3 is 3. The van der Waals surface area contributed by atoms with E-state index in [-0.39, 0.29) is 4.90 Å². The maximum Gasteiger partial charge on any atom is 0.246 e. The Morgan fingerprint density at radius 1 is 0.971 bits per heavy atom. The van der Waals surface area contributed by atoms with Gasteiger partial charge in [0.1, 0.15) is 22.1 Å². The molecule has 1 aromatic heterocycles. The second-order valence-electron chi connectivity index (χ2n) is 7.71. The van der Waals surface area contributed by atoms with Gasteiger partial charge in [0.2, 0.25) is 10.0 Å². The molecule has 0 N–H and O–H groups in total. The van der Waals surface area contributed by atoms with Crippen LogP contribution in [0, 0.1) is 0 Å². The Labute approximate surface area is 212 Å². The molecule has 0 bridgehead atoms. The van der Waals surface area contributed by atoms with E-state index in [2.05, 4.69) is 20.8 Å². The van der Waals surface area contributed by atoms with Gasteiger partial charge in [-0.1, -0.05) is 15.9 Å². The highest BCUT2D eigenvalue weighted by atomic mass is 79.9. The van der Waals surface area contributed by atoms with E-state index >= 15 is 0 Å². The second-order valence-corrected chi connectivity index (χ2v) is 11.4. The Bertz CT molecular complexity index is 1230. The average molecular weight is 569 g/mol. The molecule has 4 rings (SSSR count). The van der Waals surface area contributed by atoms with Crippen LogP contribution in [-0.4, -0.2) is 65.2 Å². The Hall–Kier alpha value is -2.34. The third-order valence-electron chi connectivity index (χ3n) is 5.59. The Morgan fingerprint density at radius 3 is 2.26 bits per heavy atom. The zero-order valence-electron chi connectivity index (χ0n) is 19.2. The minimum atomic E-state index is -3.67. The quantitative estimate of drug-likeness (QED) is 0.406. The fraction of sp³-hybridized carbons (Fsp3) is 0.348. The monoisotopic (exact) mass is 567 g/mol. The van der Waals surface area contributed by atoms with Crippen LogP contribution in [0.3, 0.4) is 0 Å². The number of thiazole rings is 1. The van der Waals surface area contributed by atoms with Crippen LogP contribution in [0.5, 0.6) is 17.2 Å².